The van der Waals surface area contributed by atoms with Gasteiger partial charge in [-0.1, -0.05) is 29.8 Å². The Bertz CT molecular complexity index is 560. The van der Waals surface area contributed by atoms with E-state index in [4.69, 9.17) is 0 Å². The Labute approximate surface area is 95.9 Å². The minimum Gasteiger partial charge on any atom is -0.269 e. The van der Waals surface area contributed by atoms with E-state index in [-0.39, 0.29) is 11.5 Å². The Morgan fingerprint density at radius 3 is 2.80 bits per heavy atom. The number of nitrogens with zero attached hydrogens (tertiary/aromatic N) is 2. The van der Waals surface area contributed by atoms with Gasteiger partial charge in [-0.3, -0.25) is 9.20 Å². The number of halogens is 1. The predicted octanol–water partition coefficient (Wildman–Crippen LogP) is 2.58. The van der Waals surface area contributed by atoms with E-state index in [2.05, 4.69) is 20.9 Å². The molecule has 0 saturated heterocycles. The first-order chi connectivity index (χ1) is 7.08. The second-order valence-corrected chi connectivity index (χ2v) is 4.66. The fraction of sp³-hybridized carbons (Fsp3) is 0.273. The largest absolute Gasteiger partial charge is 0.269 e. The molecule has 0 aliphatic carbocycles. The molecular weight excluding hydrogens is 256 g/mol. The van der Waals surface area contributed by atoms with Crippen LogP contribution in [0.25, 0.3) is 5.65 Å². The highest BCUT2D eigenvalue weighted by atomic mass is 79.9. The van der Waals surface area contributed by atoms with E-state index in [1.165, 1.54) is 4.40 Å². The summed E-state index contributed by atoms with van der Waals surface area (Å²) >= 11 is 3.36. The molecule has 78 valence electrons. The van der Waals surface area contributed by atoms with Crippen LogP contribution in [0.2, 0.25) is 0 Å². The summed E-state index contributed by atoms with van der Waals surface area (Å²) < 4.78 is 2.46. The molecule has 0 aliphatic rings. The van der Waals surface area contributed by atoms with Gasteiger partial charge in [0.25, 0.3) is 5.56 Å². The molecule has 0 radical (unpaired) electrons. The van der Waals surface area contributed by atoms with Gasteiger partial charge in [0.2, 0.25) is 0 Å². The smallest absolute Gasteiger partial charge is 0.258 e. The Hall–Kier alpha value is -1.16. The zero-order valence-electron chi connectivity index (χ0n) is 8.57. The van der Waals surface area contributed by atoms with Gasteiger partial charge in [0.05, 0.1) is 5.69 Å². The van der Waals surface area contributed by atoms with Crippen LogP contribution in [0.3, 0.4) is 0 Å². The lowest BCUT2D eigenvalue weighted by Gasteiger charge is -2.06. The van der Waals surface area contributed by atoms with Gasteiger partial charge in [-0.05, 0) is 18.1 Å². The maximum Gasteiger partial charge on any atom is 0.258 e. The molecule has 0 fully saturated rings. The Morgan fingerprint density at radius 1 is 1.40 bits per heavy atom. The first-order valence-electron chi connectivity index (χ1n) is 4.77. The molecule has 2 aromatic rings. The van der Waals surface area contributed by atoms with Crippen LogP contribution in [0.4, 0.5) is 0 Å². The minimum absolute atomic E-state index is 0.0313. The van der Waals surface area contributed by atoms with Crippen LogP contribution in [0.1, 0.15) is 25.5 Å². The van der Waals surface area contributed by atoms with Crippen LogP contribution >= 0.6 is 15.9 Å². The first kappa shape index (κ1) is 10.4. The third-order valence-electron chi connectivity index (χ3n) is 2.24. The quantitative estimate of drug-likeness (QED) is 0.795. The van der Waals surface area contributed by atoms with E-state index < -0.39 is 0 Å². The highest BCUT2D eigenvalue weighted by molar-refractivity contribution is 9.10. The molecule has 2 rings (SSSR count). The van der Waals surface area contributed by atoms with Gasteiger partial charge < -0.3 is 0 Å². The lowest BCUT2D eigenvalue weighted by atomic mass is 10.1. The van der Waals surface area contributed by atoms with Gasteiger partial charge >= 0.3 is 0 Å². The van der Waals surface area contributed by atoms with Crippen molar-refractivity contribution in [3.63, 3.8) is 0 Å². The maximum atomic E-state index is 11.7. The summed E-state index contributed by atoms with van der Waals surface area (Å²) in [6.45, 7) is 4.05. The molecule has 0 spiro atoms. The molecule has 2 heterocycles. The van der Waals surface area contributed by atoms with Crippen LogP contribution in [0, 0.1) is 0 Å². The van der Waals surface area contributed by atoms with Crippen LogP contribution in [0.5, 0.6) is 0 Å². The van der Waals surface area contributed by atoms with Crippen molar-refractivity contribution in [3.8, 4) is 0 Å². The van der Waals surface area contributed by atoms with Gasteiger partial charge in [0, 0.05) is 16.7 Å². The van der Waals surface area contributed by atoms with Gasteiger partial charge in [0.1, 0.15) is 5.65 Å². The van der Waals surface area contributed by atoms with E-state index in [0.29, 0.717) is 5.65 Å². The van der Waals surface area contributed by atoms with Crippen molar-refractivity contribution in [2.75, 3.05) is 0 Å². The average molecular weight is 267 g/mol. The van der Waals surface area contributed by atoms with Gasteiger partial charge in [0.15, 0.2) is 0 Å². The second kappa shape index (κ2) is 3.77. The lowest BCUT2D eigenvalue weighted by Crippen LogP contribution is -2.15. The number of aromatic nitrogens is 2. The maximum absolute atomic E-state index is 11.7. The zero-order valence-corrected chi connectivity index (χ0v) is 10.2. The van der Waals surface area contributed by atoms with Crippen molar-refractivity contribution in [2.24, 2.45) is 0 Å². The van der Waals surface area contributed by atoms with Crippen molar-refractivity contribution >= 4 is 21.6 Å². The van der Waals surface area contributed by atoms with Crippen molar-refractivity contribution in [3.05, 3.63) is 44.9 Å². The molecule has 0 bridgehead atoms. The summed E-state index contributed by atoms with van der Waals surface area (Å²) in [5.74, 6) is 0.265. The molecule has 0 unspecified atom stereocenters. The summed E-state index contributed by atoms with van der Waals surface area (Å²) in [5, 5.41) is 0. The molecule has 0 N–H and O–H groups in total. The SMILES string of the molecule is CC(C)c1cc(=O)n2ccc(Br)cc2n1. The molecule has 0 aromatic carbocycles. The number of fused-ring (bicyclic) bond motifs is 1. The van der Waals surface area contributed by atoms with E-state index in [1.54, 1.807) is 12.3 Å². The Morgan fingerprint density at radius 2 is 2.13 bits per heavy atom. The minimum atomic E-state index is -0.0313. The van der Waals surface area contributed by atoms with Crippen molar-refractivity contribution in [1.29, 1.82) is 0 Å². The zero-order chi connectivity index (χ0) is 11.0. The van der Waals surface area contributed by atoms with Gasteiger partial charge in [-0.15, -0.1) is 0 Å². The predicted molar refractivity (Wildman–Crippen MR) is 63.3 cm³/mol. The molecule has 0 aliphatic heterocycles. The van der Waals surface area contributed by atoms with Crippen molar-refractivity contribution in [2.45, 2.75) is 19.8 Å². The molecule has 3 nitrogen and oxygen atoms in total. The van der Waals surface area contributed by atoms with Crippen LogP contribution in [0.15, 0.2) is 33.7 Å². The summed E-state index contributed by atoms with van der Waals surface area (Å²) in [5.41, 5.74) is 1.48. The molecule has 0 saturated carbocycles. The Kier molecular flexibility index (Phi) is 2.61. The molecular formula is C11H11BrN2O. The summed E-state index contributed by atoms with van der Waals surface area (Å²) in [6, 6.07) is 5.25. The number of pyridine rings is 1. The topological polar surface area (TPSA) is 34.4 Å². The lowest BCUT2D eigenvalue weighted by molar-refractivity contribution is 0.811. The number of hydrogen-bond donors (Lipinski definition) is 0. The molecule has 15 heavy (non-hydrogen) atoms. The van der Waals surface area contributed by atoms with Gasteiger partial charge in [-0.25, -0.2) is 4.98 Å². The second-order valence-electron chi connectivity index (χ2n) is 3.75. The van der Waals surface area contributed by atoms with E-state index in [1.807, 2.05) is 26.0 Å². The van der Waals surface area contributed by atoms with E-state index >= 15 is 0 Å². The third-order valence-corrected chi connectivity index (χ3v) is 2.73. The van der Waals surface area contributed by atoms with E-state index in [9.17, 15) is 4.79 Å². The fourth-order valence-electron chi connectivity index (χ4n) is 1.39. The summed E-state index contributed by atoms with van der Waals surface area (Å²) in [7, 11) is 0. The first-order valence-corrected chi connectivity index (χ1v) is 5.56. The monoisotopic (exact) mass is 266 g/mol. The van der Waals surface area contributed by atoms with Gasteiger partial charge in [-0.2, -0.15) is 0 Å². The standard InChI is InChI=1S/C11H11BrN2O/c1-7(2)9-6-11(15)14-4-3-8(12)5-10(14)13-9/h3-7H,1-2H3. The number of hydrogen-bond acceptors (Lipinski definition) is 2. The third kappa shape index (κ3) is 1.95. The van der Waals surface area contributed by atoms with Crippen LogP contribution < -0.4 is 5.56 Å². The Balaban J connectivity index is 2.80. The van der Waals surface area contributed by atoms with E-state index in [0.717, 1.165) is 10.2 Å². The average Bonchev–Trinajstić information content (AvgIpc) is 2.16. The summed E-state index contributed by atoms with van der Waals surface area (Å²) in [6.07, 6.45) is 1.72. The van der Waals surface area contributed by atoms with Crippen molar-refractivity contribution < 1.29 is 0 Å². The summed E-state index contributed by atoms with van der Waals surface area (Å²) in [4.78, 5) is 16.2. The molecule has 0 atom stereocenters. The highest BCUT2D eigenvalue weighted by Crippen LogP contribution is 2.13. The van der Waals surface area contributed by atoms with Crippen LogP contribution in [-0.4, -0.2) is 9.38 Å². The molecule has 2 aromatic heterocycles. The number of rotatable bonds is 1. The normalized spacial score (nSPS) is 11.2. The highest BCUT2D eigenvalue weighted by Gasteiger charge is 2.05. The van der Waals surface area contributed by atoms with Crippen LogP contribution in [-0.2, 0) is 0 Å². The molecule has 4 heteroatoms. The molecule has 0 amide bonds. The fourth-order valence-corrected chi connectivity index (χ4v) is 1.71. The van der Waals surface area contributed by atoms with Crippen molar-refractivity contribution in [1.82, 2.24) is 9.38 Å².